The fourth-order valence-electron chi connectivity index (χ4n) is 1.22. The van der Waals surface area contributed by atoms with Gasteiger partial charge in [-0.1, -0.05) is 23.7 Å². The molecule has 0 amide bonds. The van der Waals surface area contributed by atoms with E-state index in [0.29, 0.717) is 17.9 Å². The van der Waals surface area contributed by atoms with Gasteiger partial charge in [-0.15, -0.1) is 5.10 Å². The largest absolute Gasteiger partial charge is 0.294 e. The Bertz CT molecular complexity index is 464. The van der Waals surface area contributed by atoms with E-state index >= 15 is 0 Å². The molecule has 2 aromatic rings. The minimum Gasteiger partial charge on any atom is -0.294 e. The molecule has 1 aromatic carbocycles. The Morgan fingerprint density at radius 2 is 2.07 bits per heavy atom. The van der Waals surface area contributed by atoms with E-state index in [0.717, 1.165) is 5.56 Å². The van der Waals surface area contributed by atoms with E-state index in [-0.39, 0.29) is 5.82 Å². The van der Waals surface area contributed by atoms with Crippen molar-refractivity contribution in [3.8, 4) is 0 Å². The molecule has 0 saturated carbocycles. The van der Waals surface area contributed by atoms with Crippen LogP contribution in [0.2, 0.25) is 5.02 Å². The standard InChI is InChI=1S/C10H8ClN3O/c11-9-3-1-8(2-4-9)5-14-7-12-10(6-15)13-14/h1-4,6-7H,5H2. The number of hydrogen-bond donors (Lipinski definition) is 0. The Labute approximate surface area is 91.5 Å². The van der Waals surface area contributed by atoms with Crippen LogP contribution in [-0.4, -0.2) is 21.1 Å². The predicted molar refractivity (Wildman–Crippen MR) is 56.0 cm³/mol. The van der Waals surface area contributed by atoms with Gasteiger partial charge in [-0.2, -0.15) is 0 Å². The third-order valence-corrected chi connectivity index (χ3v) is 2.17. The maximum absolute atomic E-state index is 10.4. The molecule has 0 bridgehead atoms. The smallest absolute Gasteiger partial charge is 0.213 e. The number of halogens is 1. The molecule has 1 heterocycles. The highest BCUT2D eigenvalue weighted by molar-refractivity contribution is 6.30. The third-order valence-electron chi connectivity index (χ3n) is 1.92. The lowest BCUT2D eigenvalue weighted by Crippen LogP contribution is -2.00. The minimum absolute atomic E-state index is 0.198. The highest BCUT2D eigenvalue weighted by atomic mass is 35.5. The molecule has 0 saturated heterocycles. The van der Waals surface area contributed by atoms with E-state index in [4.69, 9.17) is 11.6 Å². The average molecular weight is 222 g/mol. The first-order valence-corrected chi connectivity index (χ1v) is 4.75. The summed E-state index contributed by atoms with van der Waals surface area (Å²) in [4.78, 5) is 14.2. The summed E-state index contributed by atoms with van der Waals surface area (Å²) >= 11 is 5.76. The molecule has 0 radical (unpaired) electrons. The van der Waals surface area contributed by atoms with E-state index in [1.807, 2.05) is 24.3 Å². The van der Waals surface area contributed by atoms with Crippen molar-refractivity contribution in [1.29, 1.82) is 0 Å². The van der Waals surface area contributed by atoms with Crippen LogP contribution in [0.15, 0.2) is 30.6 Å². The van der Waals surface area contributed by atoms with Crippen molar-refractivity contribution in [3.05, 3.63) is 47.0 Å². The molecule has 0 aliphatic heterocycles. The summed E-state index contributed by atoms with van der Waals surface area (Å²) in [5.41, 5.74) is 1.06. The second-order valence-electron chi connectivity index (χ2n) is 3.04. The normalized spacial score (nSPS) is 10.2. The maximum Gasteiger partial charge on any atom is 0.213 e. The molecule has 76 valence electrons. The molecule has 0 N–H and O–H groups in total. The van der Waals surface area contributed by atoms with E-state index in [2.05, 4.69) is 10.1 Å². The fourth-order valence-corrected chi connectivity index (χ4v) is 1.34. The number of aromatic nitrogens is 3. The second kappa shape index (κ2) is 4.23. The summed E-state index contributed by atoms with van der Waals surface area (Å²) in [6.07, 6.45) is 2.15. The van der Waals surface area contributed by atoms with Gasteiger partial charge in [0.05, 0.1) is 6.54 Å². The number of nitrogens with zero attached hydrogens (tertiary/aromatic N) is 3. The quantitative estimate of drug-likeness (QED) is 0.743. The van der Waals surface area contributed by atoms with Crippen molar-refractivity contribution < 1.29 is 4.79 Å². The van der Waals surface area contributed by atoms with Gasteiger partial charge in [0.25, 0.3) is 0 Å². The maximum atomic E-state index is 10.4. The SMILES string of the molecule is O=Cc1ncn(Cc2ccc(Cl)cc2)n1. The molecule has 0 atom stereocenters. The van der Waals surface area contributed by atoms with Crippen molar-refractivity contribution in [2.45, 2.75) is 6.54 Å². The van der Waals surface area contributed by atoms with Crippen molar-refractivity contribution >= 4 is 17.9 Å². The third kappa shape index (κ3) is 2.41. The molecular weight excluding hydrogens is 214 g/mol. The topological polar surface area (TPSA) is 47.8 Å². The Balaban J connectivity index is 2.14. The van der Waals surface area contributed by atoms with E-state index in [1.165, 1.54) is 6.33 Å². The fraction of sp³-hybridized carbons (Fsp3) is 0.100. The summed E-state index contributed by atoms with van der Waals surface area (Å²) < 4.78 is 1.60. The predicted octanol–water partition coefficient (Wildman–Crippen LogP) is 1.79. The second-order valence-corrected chi connectivity index (χ2v) is 3.48. The van der Waals surface area contributed by atoms with Crippen molar-refractivity contribution in [2.75, 3.05) is 0 Å². The lowest BCUT2D eigenvalue weighted by atomic mass is 10.2. The zero-order valence-electron chi connectivity index (χ0n) is 7.80. The van der Waals surface area contributed by atoms with Gasteiger partial charge in [-0.05, 0) is 17.7 Å². The zero-order valence-corrected chi connectivity index (χ0v) is 8.55. The van der Waals surface area contributed by atoms with Crippen LogP contribution in [0, 0.1) is 0 Å². The first kappa shape index (κ1) is 9.86. The van der Waals surface area contributed by atoms with Gasteiger partial charge in [-0.3, -0.25) is 4.79 Å². The summed E-state index contributed by atoms with van der Waals surface area (Å²) in [6, 6.07) is 7.44. The summed E-state index contributed by atoms with van der Waals surface area (Å²) in [6.45, 7) is 0.581. The molecule has 0 fully saturated rings. The zero-order chi connectivity index (χ0) is 10.7. The van der Waals surface area contributed by atoms with Crippen LogP contribution in [0.4, 0.5) is 0 Å². The molecule has 0 unspecified atom stereocenters. The number of aldehydes is 1. The molecule has 0 aliphatic carbocycles. The van der Waals surface area contributed by atoms with Crippen LogP contribution in [0.25, 0.3) is 0 Å². The van der Waals surface area contributed by atoms with Gasteiger partial charge in [-0.25, -0.2) is 9.67 Å². The molecule has 0 aliphatic rings. The van der Waals surface area contributed by atoms with Crippen molar-refractivity contribution in [3.63, 3.8) is 0 Å². The van der Waals surface area contributed by atoms with Gasteiger partial charge >= 0.3 is 0 Å². The molecule has 5 heteroatoms. The van der Waals surface area contributed by atoms with Gasteiger partial charge in [0.1, 0.15) is 6.33 Å². The highest BCUT2D eigenvalue weighted by Gasteiger charge is 1.99. The van der Waals surface area contributed by atoms with Crippen LogP contribution >= 0.6 is 11.6 Å². The van der Waals surface area contributed by atoms with Crippen LogP contribution in [0.3, 0.4) is 0 Å². The minimum atomic E-state index is 0.198. The lowest BCUT2D eigenvalue weighted by Gasteiger charge is -2.00. The van der Waals surface area contributed by atoms with E-state index in [9.17, 15) is 4.79 Å². The Morgan fingerprint density at radius 1 is 1.33 bits per heavy atom. The first-order valence-electron chi connectivity index (χ1n) is 4.37. The van der Waals surface area contributed by atoms with Gasteiger partial charge in [0.2, 0.25) is 5.82 Å². The summed E-state index contributed by atoms with van der Waals surface area (Å²) in [7, 11) is 0. The number of carbonyl (C=O) groups excluding carboxylic acids is 1. The molecule has 0 spiro atoms. The van der Waals surface area contributed by atoms with Crippen LogP contribution in [0.5, 0.6) is 0 Å². The van der Waals surface area contributed by atoms with Crippen LogP contribution < -0.4 is 0 Å². The van der Waals surface area contributed by atoms with Gasteiger partial charge in [0.15, 0.2) is 6.29 Å². The Morgan fingerprint density at radius 3 is 2.67 bits per heavy atom. The Kier molecular flexibility index (Phi) is 2.78. The molecule has 4 nitrogen and oxygen atoms in total. The van der Waals surface area contributed by atoms with Crippen LogP contribution in [0.1, 0.15) is 16.2 Å². The average Bonchev–Trinajstić information content (AvgIpc) is 2.69. The monoisotopic (exact) mass is 221 g/mol. The van der Waals surface area contributed by atoms with Crippen molar-refractivity contribution in [1.82, 2.24) is 14.8 Å². The molecule has 15 heavy (non-hydrogen) atoms. The molecular formula is C10H8ClN3O. The summed E-state index contributed by atoms with van der Waals surface area (Å²) in [5.74, 6) is 0.198. The number of rotatable bonds is 3. The van der Waals surface area contributed by atoms with E-state index in [1.54, 1.807) is 4.68 Å². The lowest BCUT2D eigenvalue weighted by molar-refractivity contribution is 0.111. The van der Waals surface area contributed by atoms with Gasteiger partial charge < -0.3 is 0 Å². The summed E-state index contributed by atoms with van der Waals surface area (Å²) in [5, 5.41) is 4.65. The first-order chi connectivity index (χ1) is 7.28. The number of benzene rings is 1. The molecule has 1 aromatic heterocycles. The van der Waals surface area contributed by atoms with E-state index < -0.39 is 0 Å². The molecule has 2 rings (SSSR count). The van der Waals surface area contributed by atoms with Crippen molar-refractivity contribution in [2.24, 2.45) is 0 Å². The number of hydrogen-bond acceptors (Lipinski definition) is 3. The van der Waals surface area contributed by atoms with Gasteiger partial charge in [0, 0.05) is 5.02 Å². The number of carbonyl (C=O) groups is 1. The highest BCUT2D eigenvalue weighted by Crippen LogP contribution is 2.10. The Hall–Kier alpha value is -1.68. The van der Waals surface area contributed by atoms with Crippen LogP contribution in [-0.2, 0) is 6.54 Å².